The van der Waals surface area contributed by atoms with E-state index < -0.39 is 6.04 Å². The van der Waals surface area contributed by atoms with Crippen molar-refractivity contribution >= 4 is 34.9 Å². The number of nitrogens with one attached hydrogen (secondary N) is 1. The van der Waals surface area contributed by atoms with Crippen LogP contribution in [0, 0.1) is 5.82 Å². The first kappa shape index (κ1) is 17.5. The summed E-state index contributed by atoms with van der Waals surface area (Å²) in [4.78, 5) is 28.9. The van der Waals surface area contributed by atoms with E-state index in [2.05, 4.69) is 5.32 Å². The van der Waals surface area contributed by atoms with Crippen LogP contribution in [0.2, 0.25) is 0 Å². The van der Waals surface area contributed by atoms with Crippen molar-refractivity contribution in [2.45, 2.75) is 36.2 Å². The standard InChI is InChI=1S/C19H19FN2O2S2/c20-12-5-6-16-13(11-12)14(7-10-26-16)21-18(23)15-3-1-8-22(15)19(24)17-4-2-9-25-17/h2,4-6,9,11,14-15H,1,3,7-8,10H2,(H,21,23)/t14?,15-/m0/s1. The van der Waals surface area contributed by atoms with Crippen molar-refractivity contribution in [1.82, 2.24) is 10.2 Å². The first-order valence-corrected chi connectivity index (χ1v) is 10.6. The number of amides is 2. The summed E-state index contributed by atoms with van der Waals surface area (Å²) in [5.41, 5.74) is 0.837. The molecule has 1 saturated heterocycles. The number of nitrogens with zero attached hydrogens (tertiary/aromatic N) is 1. The zero-order chi connectivity index (χ0) is 18.1. The molecule has 4 rings (SSSR count). The van der Waals surface area contributed by atoms with Gasteiger partial charge >= 0.3 is 0 Å². The smallest absolute Gasteiger partial charge is 0.264 e. The molecular formula is C19H19FN2O2S2. The second kappa shape index (κ2) is 7.40. The van der Waals surface area contributed by atoms with Gasteiger partial charge in [0.2, 0.25) is 5.91 Å². The van der Waals surface area contributed by atoms with Gasteiger partial charge in [-0.15, -0.1) is 23.1 Å². The fraction of sp³-hybridized carbons (Fsp3) is 0.368. The average molecular weight is 391 g/mol. The summed E-state index contributed by atoms with van der Waals surface area (Å²) in [6.45, 7) is 0.598. The molecule has 2 aliphatic heterocycles. The Morgan fingerprint density at radius 3 is 2.92 bits per heavy atom. The van der Waals surface area contributed by atoms with E-state index in [4.69, 9.17) is 0 Å². The molecule has 136 valence electrons. The largest absolute Gasteiger partial charge is 0.347 e. The summed E-state index contributed by atoms with van der Waals surface area (Å²) in [7, 11) is 0. The third-order valence-electron chi connectivity index (χ3n) is 4.88. The molecule has 0 radical (unpaired) electrons. The van der Waals surface area contributed by atoms with Crippen LogP contribution >= 0.6 is 23.1 Å². The van der Waals surface area contributed by atoms with Crippen LogP contribution in [0.5, 0.6) is 0 Å². The van der Waals surface area contributed by atoms with Crippen molar-refractivity contribution < 1.29 is 14.0 Å². The summed E-state index contributed by atoms with van der Waals surface area (Å²) < 4.78 is 13.7. The normalized spacial score (nSPS) is 22.1. The van der Waals surface area contributed by atoms with E-state index in [-0.39, 0.29) is 23.7 Å². The number of benzene rings is 1. The number of hydrogen-bond acceptors (Lipinski definition) is 4. The number of thioether (sulfide) groups is 1. The predicted molar refractivity (Wildman–Crippen MR) is 101 cm³/mol. The van der Waals surface area contributed by atoms with E-state index in [0.29, 0.717) is 17.8 Å². The Morgan fingerprint density at radius 2 is 2.12 bits per heavy atom. The number of thiophene rings is 1. The minimum atomic E-state index is -0.448. The van der Waals surface area contributed by atoms with Crippen LogP contribution in [0.1, 0.15) is 40.5 Å². The van der Waals surface area contributed by atoms with Gasteiger partial charge < -0.3 is 10.2 Å². The topological polar surface area (TPSA) is 49.4 Å². The van der Waals surface area contributed by atoms with E-state index in [9.17, 15) is 14.0 Å². The fourth-order valence-corrected chi connectivity index (χ4v) is 5.39. The van der Waals surface area contributed by atoms with Crippen LogP contribution in [-0.4, -0.2) is 35.1 Å². The molecule has 1 unspecified atom stereocenters. The highest BCUT2D eigenvalue weighted by Gasteiger charge is 2.36. The first-order chi connectivity index (χ1) is 12.6. The second-order valence-electron chi connectivity index (χ2n) is 6.51. The number of fused-ring (bicyclic) bond motifs is 1. The minimum Gasteiger partial charge on any atom is -0.347 e. The Kier molecular flexibility index (Phi) is 5.00. The van der Waals surface area contributed by atoms with Crippen molar-refractivity contribution in [2.24, 2.45) is 0 Å². The quantitative estimate of drug-likeness (QED) is 0.866. The monoisotopic (exact) mass is 390 g/mol. The third kappa shape index (κ3) is 3.38. The van der Waals surface area contributed by atoms with Gasteiger partial charge in [-0.2, -0.15) is 0 Å². The van der Waals surface area contributed by atoms with Gasteiger partial charge in [-0.05, 0) is 54.5 Å². The molecule has 1 N–H and O–H groups in total. The highest BCUT2D eigenvalue weighted by Crippen LogP contribution is 2.36. The van der Waals surface area contributed by atoms with Gasteiger partial charge in [-0.3, -0.25) is 9.59 Å². The molecular weight excluding hydrogens is 371 g/mol. The first-order valence-electron chi connectivity index (χ1n) is 8.70. The van der Waals surface area contributed by atoms with Gasteiger partial charge in [0.1, 0.15) is 11.9 Å². The maximum absolute atomic E-state index is 13.7. The second-order valence-corrected chi connectivity index (χ2v) is 8.60. The van der Waals surface area contributed by atoms with E-state index in [0.717, 1.165) is 29.1 Å². The van der Waals surface area contributed by atoms with Crippen LogP contribution in [0.15, 0.2) is 40.6 Å². The summed E-state index contributed by atoms with van der Waals surface area (Å²) in [5, 5.41) is 4.93. The minimum absolute atomic E-state index is 0.0803. The number of carbonyl (C=O) groups excluding carboxylic acids is 2. The molecule has 2 atom stereocenters. The van der Waals surface area contributed by atoms with Crippen LogP contribution in [0.3, 0.4) is 0 Å². The zero-order valence-corrected chi connectivity index (χ0v) is 15.7. The highest BCUT2D eigenvalue weighted by molar-refractivity contribution is 7.99. The summed E-state index contributed by atoms with van der Waals surface area (Å²) in [6, 6.07) is 7.72. The average Bonchev–Trinajstić information content (AvgIpc) is 3.33. The number of likely N-dealkylation sites (tertiary alicyclic amines) is 1. The lowest BCUT2D eigenvalue weighted by Gasteiger charge is -2.29. The van der Waals surface area contributed by atoms with Crippen molar-refractivity contribution in [1.29, 1.82) is 0 Å². The Balaban J connectivity index is 1.50. The molecule has 3 heterocycles. The predicted octanol–water partition coefficient (Wildman–Crippen LogP) is 3.85. The van der Waals surface area contributed by atoms with E-state index in [1.165, 1.54) is 23.5 Å². The lowest BCUT2D eigenvalue weighted by atomic mass is 10.0. The summed E-state index contributed by atoms with van der Waals surface area (Å²) >= 11 is 3.08. The fourth-order valence-electron chi connectivity index (χ4n) is 3.61. The molecule has 2 aliphatic rings. The van der Waals surface area contributed by atoms with Gasteiger partial charge in [0.25, 0.3) is 5.91 Å². The molecule has 0 aliphatic carbocycles. The molecule has 26 heavy (non-hydrogen) atoms. The van der Waals surface area contributed by atoms with Crippen molar-refractivity contribution in [3.05, 3.63) is 52.0 Å². The van der Waals surface area contributed by atoms with Gasteiger partial charge in [0, 0.05) is 17.2 Å². The van der Waals surface area contributed by atoms with Crippen LogP contribution in [0.25, 0.3) is 0 Å². The highest BCUT2D eigenvalue weighted by atomic mass is 32.2. The summed E-state index contributed by atoms with van der Waals surface area (Å²) in [5.74, 6) is 0.371. The Morgan fingerprint density at radius 1 is 1.23 bits per heavy atom. The van der Waals surface area contributed by atoms with Crippen LogP contribution in [0.4, 0.5) is 4.39 Å². The molecule has 2 aromatic rings. The molecule has 0 saturated carbocycles. The van der Waals surface area contributed by atoms with Crippen molar-refractivity contribution in [2.75, 3.05) is 12.3 Å². The van der Waals surface area contributed by atoms with Crippen molar-refractivity contribution in [3.63, 3.8) is 0 Å². The van der Waals surface area contributed by atoms with E-state index in [1.54, 1.807) is 28.8 Å². The van der Waals surface area contributed by atoms with Crippen LogP contribution in [-0.2, 0) is 4.79 Å². The number of halogens is 1. The number of rotatable bonds is 3. The zero-order valence-electron chi connectivity index (χ0n) is 14.1. The number of carbonyl (C=O) groups is 2. The van der Waals surface area contributed by atoms with Crippen LogP contribution < -0.4 is 5.32 Å². The van der Waals surface area contributed by atoms with Crippen molar-refractivity contribution in [3.8, 4) is 0 Å². The molecule has 1 aromatic heterocycles. The molecule has 4 nitrogen and oxygen atoms in total. The van der Waals surface area contributed by atoms with Gasteiger partial charge in [-0.1, -0.05) is 6.07 Å². The third-order valence-corrected chi connectivity index (χ3v) is 6.86. The lowest BCUT2D eigenvalue weighted by Crippen LogP contribution is -2.47. The SMILES string of the molecule is O=C(NC1CCSc2ccc(F)cc21)[C@@H]1CCCN1C(=O)c1cccs1. The Bertz CT molecular complexity index is 825. The van der Waals surface area contributed by atoms with Gasteiger partial charge in [0.15, 0.2) is 0 Å². The maximum Gasteiger partial charge on any atom is 0.264 e. The Hall–Kier alpha value is -1.86. The Labute approximate surface area is 159 Å². The van der Waals surface area contributed by atoms with E-state index in [1.807, 2.05) is 11.4 Å². The molecule has 7 heteroatoms. The molecule has 1 fully saturated rings. The number of hydrogen-bond donors (Lipinski definition) is 1. The van der Waals surface area contributed by atoms with Gasteiger partial charge in [0.05, 0.1) is 10.9 Å². The summed E-state index contributed by atoms with van der Waals surface area (Å²) in [6.07, 6.45) is 2.25. The van der Waals surface area contributed by atoms with Gasteiger partial charge in [-0.25, -0.2) is 4.39 Å². The molecule has 1 aromatic carbocycles. The molecule has 0 bridgehead atoms. The molecule has 0 spiro atoms. The van der Waals surface area contributed by atoms with E-state index >= 15 is 0 Å². The molecule has 2 amide bonds. The lowest BCUT2D eigenvalue weighted by molar-refractivity contribution is -0.125. The maximum atomic E-state index is 13.7.